The average molecular weight is 293 g/mol. The van der Waals surface area contributed by atoms with Gasteiger partial charge in [-0.25, -0.2) is 13.4 Å². The van der Waals surface area contributed by atoms with Gasteiger partial charge < -0.3 is 4.42 Å². The largest absolute Gasteiger partial charge is 0.441 e. The van der Waals surface area contributed by atoms with Crippen molar-refractivity contribution in [3.63, 3.8) is 0 Å². The first-order valence-corrected chi connectivity index (χ1v) is 8.96. The molecule has 4 nitrogen and oxygen atoms in total. The molecule has 5 heteroatoms. The maximum atomic E-state index is 11.4. The van der Waals surface area contributed by atoms with Crippen LogP contribution in [-0.2, 0) is 22.7 Å². The van der Waals surface area contributed by atoms with Gasteiger partial charge in [-0.2, -0.15) is 0 Å². The van der Waals surface area contributed by atoms with E-state index in [1.165, 1.54) is 5.56 Å². The number of aromatic nitrogens is 1. The number of hydrogen-bond donors (Lipinski definition) is 0. The fourth-order valence-corrected chi connectivity index (χ4v) is 4.71. The van der Waals surface area contributed by atoms with E-state index in [1.54, 1.807) is 0 Å². The van der Waals surface area contributed by atoms with Gasteiger partial charge in [-0.1, -0.05) is 13.0 Å². The number of hydrogen-bond acceptors (Lipinski definition) is 4. The third-order valence-corrected chi connectivity index (χ3v) is 5.80. The first-order chi connectivity index (χ1) is 9.55. The summed E-state index contributed by atoms with van der Waals surface area (Å²) in [7, 11) is -2.76. The number of benzene rings is 1. The minimum absolute atomic E-state index is 0.319. The number of aryl methyl sites for hydroxylation is 2. The molecule has 0 spiro atoms. The molecule has 108 valence electrons. The molecule has 1 fully saturated rings. The third-order valence-electron chi connectivity index (χ3n) is 3.97. The Bertz CT molecular complexity index is 718. The van der Waals surface area contributed by atoms with Gasteiger partial charge in [0.05, 0.1) is 11.5 Å². The van der Waals surface area contributed by atoms with Gasteiger partial charge in [0.1, 0.15) is 5.52 Å². The molecule has 1 saturated heterocycles. The van der Waals surface area contributed by atoms with Gasteiger partial charge in [0.25, 0.3) is 0 Å². The summed E-state index contributed by atoms with van der Waals surface area (Å²) in [4.78, 5) is 4.43. The lowest BCUT2D eigenvalue weighted by atomic mass is 9.99. The normalized spacial score (nSPS) is 21.6. The Kier molecular flexibility index (Phi) is 3.54. The predicted octanol–water partition coefficient (Wildman–Crippen LogP) is 2.76. The lowest BCUT2D eigenvalue weighted by Crippen LogP contribution is -2.05. The molecule has 0 bridgehead atoms. The van der Waals surface area contributed by atoms with Gasteiger partial charge >= 0.3 is 0 Å². The van der Waals surface area contributed by atoms with Gasteiger partial charge in [0.15, 0.2) is 21.3 Å². The van der Waals surface area contributed by atoms with E-state index in [0.29, 0.717) is 17.4 Å². The van der Waals surface area contributed by atoms with Crippen molar-refractivity contribution in [2.24, 2.45) is 5.92 Å². The van der Waals surface area contributed by atoms with Crippen molar-refractivity contribution in [2.45, 2.75) is 32.6 Å². The monoisotopic (exact) mass is 293 g/mol. The van der Waals surface area contributed by atoms with E-state index in [1.807, 2.05) is 13.0 Å². The molecule has 20 heavy (non-hydrogen) atoms. The maximum absolute atomic E-state index is 11.4. The molecule has 0 N–H and O–H groups in total. The van der Waals surface area contributed by atoms with E-state index < -0.39 is 9.84 Å². The van der Waals surface area contributed by atoms with Crippen molar-refractivity contribution in [3.8, 4) is 0 Å². The van der Waals surface area contributed by atoms with Crippen LogP contribution in [0, 0.1) is 5.92 Å². The minimum atomic E-state index is -2.76. The zero-order valence-electron chi connectivity index (χ0n) is 11.6. The summed E-state index contributed by atoms with van der Waals surface area (Å²) in [6.07, 6.45) is 3.45. The number of sulfone groups is 1. The third kappa shape index (κ3) is 2.87. The highest BCUT2D eigenvalue weighted by Crippen LogP contribution is 2.24. The second-order valence-electron chi connectivity index (χ2n) is 5.57. The molecule has 0 amide bonds. The first-order valence-electron chi connectivity index (χ1n) is 7.14. The molecule has 1 aromatic heterocycles. The van der Waals surface area contributed by atoms with E-state index in [9.17, 15) is 8.42 Å². The standard InChI is InChI=1S/C15H19NO3S/c1-2-15-16-13-9-11(5-6-14(13)19-15)3-4-12-7-8-20(17,18)10-12/h5-6,9,12H,2-4,7-8,10H2,1H3/t12-/m1/s1. The van der Waals surface area contributed by atoms with E-state index in [0.717, 1.165) is 42.7 Å². The van der Waals surface area contributed by atoms with Crippen LogP contribution in [0.4, 0.5) is 0 Å². The Labute approximate surface area is 119 Å². The van der Waals surface area contributed by atoms with Crippen LogP contribution in [-0.4, -0.2) is 24.9 Å². The molecule has 0 unspecified atom stereocenters. The van der Waals surface area contributed by atoms with Crippen molar-refractivity contribution < 1.29 is 12.8 Å². The number of fused-ring (bicyclic) bond motifs is 1. The predicted molar refractivity (Wildman–Crippen MR) is 78.5 cm³/mol. The maximum Gasteiger partial charge on any atom is 0.195 e. The molecule has 1 aromatic carbocycles. The zero-order valence-corrected chi connectivity index (χ0v) is 12.4. The molecule has 1 atom stereocenters. The van der Waals surface area contributed by atoms with Gasteiger partial charge in [0.2, 0.25) is 0 Å². The Morgan fingerprint density at radius 2 is 2.25 bits per heavy atom. The quantitative estimate of drug-likeness (QED) is 0.869. The van der Waals surface area contributed by atoms with Crippen molar-refractivity contribution in [1.82, 2.24) is 4.98 Å². The SMILES string of the molecule is CCc1nc2cc(CC[C@@H]3CCS(=O)(=O)C3)ccc2o1. The highest BCUT2D eigenvalue weighted by atomic mass is 32.2. The molecule has 2 heterocycles. The molecule has 1 aliphatic heterocycles. The topological polar surface area (TPSA) is 60.2 Å². The summed E-state index contributed by atoms with van der Waals surface area (Å²) in [6, 6.07) is 6.07. The van der Waals surface area contributed by atoms with E-state index in [4.69, 9.17) is 4.42 Å². The van der Waals surface area contributed by atoms with Crippen LogP contribution in [0.2, 0.25) is 0 Å². The van der Waals surface area contributed by atoms with E-state index in [-0.39, 0.29) is 0 Å². The molecular weight excluding hydrogens is 274 g/mol. The summed E-state index contributed by atoms with van der Waals surface area (Å²) in [6.45, 7) is 2.02. The van der Waals surface area contributed by atoms with Gasteiger partial charge in [-0.3, -0.25) is 0 Å². The van der Waals surface area contributed by atoms with Crippen LogP contribution < -0.4 is 0 Å². The lowest BCUT2D eigenvalue weighted by Gasteiger charge is -2.06. The molecule has 0 radical (unpaired) electrons. The Morgan fingerprint density at radius 3 is 2.95 bits per heavy atom. The van der Waals surface area contributed by atoms with Crippen LogP contribution in [0.5, 0.6) is 0 Å². The Balaban J connectivity index is 1.68. The summed E-state index contributed by atoms with van der Waals surface area (Å²) in [5.74, 6) is 1.80. The van der Waals surface area contributed by atoms with Gasteiger partial charge in [-0.15, -0.1) is 0 Å². The van der Waals surface area contributed by atoms with Crippen LogP contribution in [0.1, 0.15) is 31.2 Å². The number of nitrogens with zero attached hydrogens (tertiary/aromatic N) is 1. The zero-order chi connectivity index (χ0) is 14.2. The van der Waals surface area contributed by atoms with Crippen LogP contribution in [0.3, 0.4) is 0 Å². The number of oxazole rings is 1. The second kappa shape index (κ2) is 5.20. The van der Waals surface area contributed by atoms with Crippen molar-refractivity contribution in [2.75, 3.05) is 11.5 Å². The average Bonchev–Trinajstić information content (AvgIpc) is 2.98. The summed E-state index contributed by atoms with van der Waals surface area (Å²) in [5, 5.41) is 0. The van der Waals surface area contributed by atoms with Crippen molar-refractivity contribution >= 4 is 20.9 Å². The van der Waals surface area contributed by atoms with Crippen molar-refractivity contribution in [1.29, 1.82) is 0 Å². The first kappa shape index (κ1) is 13.6. The minimum Gasteiger partial charge on any atom is -0.441 e. The summed E-state index contributed by atoms with van der Waals surface area (Å²) < 4.78 is 28.5. The molecule has 0 aliphatic carbocycles. The highest BCUT2D eigenvalue weighted by Gasteiger charge is 2.27. The molecule has 0 saturated carbocycles. The van der Waals surface area contributed by atoms with E-state index >= 15 is 0 Å². The van der Waals surface area contributed by atoms with Gasteiger partial charge in [0, 0.05) is 6.42 Å². The fourth-order valence-electron chi connectivity index (χ4n) is 2.80. The summed E-state index contributed by atoms with van der Waals surface area (Å²) in [5.41, 5.74) is 2.94. The molecule has 2 aromatic rings. The molecule has 3 rings (SSSR count). The summed E-state index contributed by atoms with van der Waals surface area (Å²) >= 11 is 0. The van der Waals surface area contributed by atoms with Crippen LogP contribution in [0.25, 0.3) is 11.1 Å². The van der Waals surface area contributed by atoms with Crippen molar-refractivity contribution in [3.05, 3.63) is 29.7 Å². The Morgan fingerprint density at radius 1 is 1.40 bits per heavy atom. The lowest BCUT2D eigenvalue weighted by molar-refractivity contribution is 0.537. The molecular formula is C15H19NO3S. The van der Waals surface area contributed by atoms with E-state index in [2.05, 4.69) is 17.1 Å². The van der Waals surface area contributed by atoms with Gasteiger partial charge in [-0.05, 0) is 42.9 Å². The highest BCUT2D eigenvalue weighted by molar-refractivity contribution is 7.91. The van der Waals surface area contributed by atoms with Crippen LogP contribution in [0.15, 0.2) is 22.6 Å². The molecule has 1 aliphatic rings. The number of rotatable bonds is 4. The second-order valence-corrected chi connectivity index (χ2v) is 7.80. The Hall–Kier alpha value is -1.36. The van der Waals surface area contributed by atoms with Crippen LogP contribution >= 0.6 is 0 Å². The fraction of sp³-hybridized carbons (Fsp3) is 0.533. The smallest absolute Gasteiger partial charge is 0.195 e.